The van der Waals surface area contributed by atoms with E-state index in [9.17, 15) is 4.39 Å². The van der Waals surface area contributed by atoms with Gasteiger partial charge in [0.15, 0.2) is 0 Å². The van der Waals surface area contributed by atoms with Crippen molar-refractivity contribution in [3.8, 4) is 0 Å². The minimum atomic E-state index is -0.183. The molecule has 0 aliphatic carbocycles. The molecule has 1 nitrogen and oxygen atoms in total. The van der Waals surface area contributed by atoms with E-state index in [1.165, 1.54) is 6.07 Å². The molecule has 3 heteroatoms. The maximum Gasteiger partial charge on any atom is 0.129 e. The summed E-state index contributed by atoms with van der Waals surface area (Å²) in [4.78, 5) is 0. The molecule has 0 saturated heterocycles. The highest BCUT2D eigenvalue weighted by Gasteiger charge is 2.13. The monoisotopic (exact) mass is 271 g/mol. The van der Waals surface area contributed by atoms with Gasteiger partial charge in [-0.15, -0.1) is 6.58 Å². The Bertz CT molecular complexity index is 338. The van der Waals surface area contributed by atoms with E-state index in [1.807, 2.05) is 13.0 Å². The lowest BCUT2D eigenvalue weighted by molar-refractivity contribution is 0.516. The summed E-state index contributed by atoms with van der Waals surface area (Å²) < 4.78 is 14.4. The van der Waals surface area contributed by atoms with Crippen LogP contribution in [0.2, 0.25) is 0 Å². The third-order valence-electron chi connectivity index (χ3n) is 2.19. The second-order valence-corrected chi connectivity index (χ2v) is 4.22. The summed E-state index contributed by atoms with van der Waals surface area (Å²) in [6.45, 7) is 6.50. The molecule has 0 heterocycles. The zero-order chi connectivity index (χ0) is 11.3. The molecule has 0 radical (unpaired) electrons. The van der Waals surface area contributed by atoms with Crippen molar-refractivity contribution in [1.82, 2.24) is 5.32 Å². The summed E-state index contributed by atoms with van der Waals surface area (Å²) >= 11 is 3.24. The molecule has 1 aromatic rings. The summed E-state index contributed by atoms with van der Waals surface area (Å²) in [7, 11) is 0. The zero-order valence-electron chi connectivity index (χ0n) is 8.76. The number of nitrogens with one attached hydrogen (secondary N) is 1. The molecule has 0 aliphatic heterocycles. The van der Waals surface area contributed by atoms with Crippen LogP contribution in [0.25, 0.3) is 0 Å². The van der Waals surface area contributed by atoms with Crippen LogP contribution in [0.3, 0.4) is 0 Å². The van der Waals surface area contributed by atoms with Gasteiger partial charge in [0.1, 0.15) is 5.82 Å². The second-order valence-electron chi connectivity index (χ2n) is 3.30. The summed E-state index contributed by atoms with van der Waals surface area (Å²) in [6.07, 6.45) is 2.53. The molecule has 0 bridgehead atoms. The summed E-state index contributed by atoms with van der Waals surface area (Å²) in [5.41, 5.74) is 0.694. The van der Waals surface area contributed by atoms with Gasteiger partial charge in [-0.1, -0.05) is 35.0 Å². The molecule has 1 rings (SSSR count). The topological polar surface area (TPSA) is 12.0 Å². The van der Waals surface area contributed by atoms with Gasteiger partial charge in [-0.05, 0) is 25.1 Å². The van der Waals surface area contributed by atoms with E-state index >= 15 is 0 Å². The van der Waals surface area contributed by atoms with Crippen LogP contribution >= 0.6 is 15.9 Å². The molecule has 15 heavy (non-hydrogen) atoms. The van der Waals surface area contributed by atoms with Crippen LogP contribution in [0.15, 0.2) is 35.3 Å². The summed E-state index contributed by atoms with van der Waals surface area (Å²) in [6, 6.07) is 5.16. The first kappa shape index (κ1) is 12.4. The fourth-order valence-corrected chi connectivity index (χ4v) is 1.85. The van der Waals surface area contributed by atoms with Crippen molar-refractivity contribution >= 4 is 15.9 Å². The Balaban J connectivity index is 2.94. The van der Waals surface area contributed by atoms with Crippen molar-refractivity contribution < 1.29 is 4.39 Å². The lowest BCUT2D eigenvalue weighted by atomic mass is 10.0. The van der Waals surface area contributed by atoms with Crippen LogP contribution in [0.1, 0.15) is 24.9 Å². The third-order valence-corrected chi connectivity index (χ3v) is 2.68. The molecule has 1 unspecified atom stereocenters. The maximum absolute atomic E-state index is 13.6. The van der Waals surface area contributed by atoms with Crippen molar-refractivity contribution in [2.75, 3.05) is 6.54 Å². The van der Waals surface area contributed by atoms with Gasteiger partial charge in [-0.2, -0.15) is 0 Å². The zero-order valence-corrected chi connectivity index (χ0v) is 10.3. The van der Waals surface area contributed by atoms with Crippen LogP contribution < -0.4 is 5.32 Å². The van der Waals surface area contributed by atoms with E-state index in [4.69, 9.17) is 0 Å². The molecular weight excluding hydrogens is 257 g/mol. The number of hydrogen-bond acceptors (Lipinski definition) is 1. The Hall–Kier alpha value is -0.670. The average molecular weight is 272 g/mol. The Kier molecular flexibility index (Phi) is 4.99. The minimum Gasteiger partial charge on any atom is -0.310 e. The van der Waals surface area contributed by atoms with Crippen molar-refractivity contribution in [3.63, 3.8) is 0 Å². The smallest absolute Gasteiger partial charge is 0.129 e. The van der Waals surface area contributed by atoms with Gasteiger partial charge in [0.25, 0.3) is 0 Å². The van der Waals surface area contributed by atoms with Gasteiger partial charge < -0.3 is 5.32 Å². The standard InChI is InChI=1S/C12H15BrFN/c1-3-5-12(15-4-2)10-7-6-9(13)8-11(10)14/h3,6-8,12,15H,1,4-5H2,2H3. The third kappa shape index (κ3) is 3.43. The molecule has 0 fully saturated rings. The fourth-order valence-electron chi connectivity index (χ4n) is 1.52. The first-order valence-corrected chi connectivity index (χ1v) is 5.77. The van der Waals surface area contributed by atoms with Gasteiger partial charge in [0.05, 0.1) is 0 Å². The van der Waals surface area contributed by atoms with Crippen LogP contribution in [0, 0.1) is 5.82 Å². The molecule has 0 aromatic heterocycles. The number of hydrogen-bond donors (Lipinski definition) is 1. The average Bonchev–Trinajstić information content (AvgIpc) is 2.17. The van der Waals surface area contributed by atoms with E-state index in [1.54, 1.807) is 12.1 Å². The molecule has 0 amide bonds. The summed E-state index contributed by atoms with van der Waals surface area (Å²) in [5.74, 6) is -0.183. The highest BCUT2D eigenvalue weighted by Crippen LogP contribution is 2.23. The van der Waals surface area contributed by atoms with Crippen molar-refractivity contribution in [2.45, 2.75) is 19.4 Å². The van der Waals surface area contributed by atoms with Crippen molar-refractivity contribution in [3.05, 3.63) is 46.7 Å². The number of benzene rings is 1. The minimum absolute atomic E-state index is 0.0144. The van der Waals surface area contributed by atoms with Crippen LogP contribution in [0.5, 0.6) is 0 Å². The molecular formula is C12H15BrFN. The van der Waals surface area contributed by atoms with E-state index in [-0.39, 0.29) is 11.9 Å². The number of halogens is 2. The van der Waals surface area contributed by atoms with Crippen molar-refractivity contribution in [2.24, 2.45) is 0 Å². The Morgan fingerprint density at radius 1 is 1.60 bits per heavy atom. The number of rotatable bonds is 5. The first-order valence-electron chi connectivity index (χ1n) is 4.98. The first-order chi connectivity index (χ1) is 7.19. The van der Waals surface area contributed by atoms with E-state index in [2.05, 4.69) is 27.8 Å². The molecule has 82 valence electrons. The molecule has 0 saturated carbocycles. The van der Waals surface area contributed by atoms with Crippen LogP contribution in [-0.2, 0) is 0 Å². The van der Waals surface area contributed by atoms with E-state index in [0.29, 0.717) is 5.56 Å². The van der Waals surface area contributed by atoms with E-state index < -0.39 is 0 Å². The SMILES string of the molecule is C=CCC(NCC)c1ccc(Br)cc1F. The molecule has 1 N–H and O–H groups in total. The van der Waals surface area contributed by atoms with Crippen LogP contribution in [0.4, 0.5) is 4.39 Å². The Morgan fingerprint density at radius 2 is 2.33 bits per heavy atom. The van der Waals surface area contributed by atoms with Gasteiger partial charge in [0, 0.05) is 16.1 Å². The lowest BCUT2D eigenvalue weighted by Gasteiger charge is -2.17. The van der Waals surface area contributed by atoms with Crippen LogP contribution in [-0.4, -0.2) is 6.54 Å². The predicted octanol–water partition coefficient (Wildman–Crippen LogP) is 3.81. The Morgan fingerprint density at radius 3 is 2.87 bits per heavy atom. The predicted molar refractivity (Wildman–Crippen MR) is 65.3 cm³/mol. The van der Waals surface area contributed by atoms with Gasteiger partial charge in [-0.25, -0.2) is 4.39 Å². The highest BCUT2D eigenvalue weighted by atomic mass is 79.9. The summed E-state index contributed by atoms with van der Waals surface area (Å²) in [5, 5.41) is 3.23. The molecule has 0 aliphatic rings. The van der Waals surface area contributed by atoms with Gasteiger partial charge >= 0.3 is 0 Å². The fraction of sp³-hybridized carbons (Fsp3) is 0.333. The second kappa shape index (κ2) is 6.03. The van der Waals surface area contributed by atoms with E-state index in [0.717, 1.165) is 17.4 Å². The van der Waals surface area contributed by atoms with Gasteiger partial charge in [-0.3, -0.25) is 0 Å². The van der Waals surface area contributed by atoms with Crippen molar-refractivity contribution in [1.29, 1.82) is 0 Å². The quantitative estimate of drug-likeness (QED) is 0.803. The normalized spacial score (nSPS) is 12.5. The van der Waals surface area contributed by atoms with Gasteiger partial charge in [0.2, 0.25) is 0 Å². The maximum atomic E-state index is 13.6. The molecule has 1 aromatic carbocycles. The molecule has 1 atom stereocenters. The Labute approximate surface area is 98.5 Å². The highest BCUT2D eigenvalue weighted by molar-refractivity contribution is 9.10. The largest absolute Gasteiger partial charge is 0.310 e. The lowest BCUT2D eigenvalue weighted by Crippen LogP contribution is -2.21. The molecule has 0 spiro atoms.